The van der Waals surface area contributed by atoms with Crippen LogP contribution in [-0.4, -0.2) is 47.1 Å². The molecule has 1 aliphatic rings. The van der Waals surface area contributed by atoms with Crippen LogP contribution < -0.4 is 10.2 Å². The van der Waals surface area contributed by atoms with E-state index in [1.54, 1.807) is 6.92 Å². The van der Waals surface area contributed by atoms with Gasteiger partial charge in [0, 0.05) is 12.1 Å². The standard InChI is InChI=1S/C22H24F4N2O6S/c1-2-21(30)10-9-19(20(29)27-31)28(13-21)35(32,33)17-6-4-16(5-7-17)34-12-14-11-15(23)3-8-18(14)22(24,25)26/h3-8,11,19,30-31H,2,9-10,12-13H2,1H3,(H,27,29). The van der Waals surface area contributed by atoms with Crippen molar-refractivity contribution in [2.24, 2.45) is 0 Å². The van der Waals surface area contributed by atoms with Gasteiger partial charge in [0.2, 0.25) is 10.0 Å². The molecule has 1 heterocycles. The SMILES string of the molecule is CCC1(O)CCC(C(=O)NO)N(S(=O)(=O)c2ccc(OCc3cc(F)ccc3C(F)(F)F)cc2)C1. The molecule has 0 spiro atoms. The van der Waals surface area contributed by atoms with Crippen molar-refractivity contribution in [1.82, 2.24) is 9.79 Å². The lowest BCUT2D eigenvalue weighted by atomic mass is 9.88. The van der Waals surface area contributed by atoms with Gasteiger partial charge in [-0.25, -0.2) is 18.3 Å². The van der Waals surface area contributed by atoms with Gasteiger partial charge in [-0.3, -0.25) is 10.0 Å². The minimum Gasteiger partial charge on any atom is -0.489 e. The van der Waals surface area contributed by atoms with Crippen LogP contribution in [-0.2, 0) is 27.6 Å². The molecule has 1 fully saturated rings. The van der Waals surface area contributed by atoms with Crippen LogP contribution >= 0.6 is 0 Å². The van der Waals surface area contributed by atoms with E-state index in [1.165, 1.54) is 17.6 Å². The number of nitrogens with one attached hydrogen (secondary N) is 1. The van der Waals surface area contributed by atoms with E-state index >= 15 is 0 Å². The summed E-state index contributed by atoms with van der Waals surface area (Å²) in [7, 11) is -4.32. The zero-order chi connectivity index (χ0) is 26.0. The molecule has 3 rings (SSSR count). The van der Waals surface area contributed by atoms with Crippen LogP contribution in [0.15, 0.2) is 47.4 Å². The third-order valence-corrected chi connectivity index (χ3v) is 7.82. The first-order valence-corrected chi connectivity index (χ1v) is 12.0. The molecule has 3 N–H and O–H groups in total. The van der Waals surface area contributed by atoms with Gasteiger partial charge in [-0.15, -0.1) is 0 Å². The van der Waals surface area contributed by atoms with Crippen LogP contribution in [0, 0.1) is 5.82 Å². The number of rotatable bonds is 7. The zero-order valence-electron chi connectivity index (χ0n) is 18.5. The maximum absolute atomic E-state index is 13.5. The molecule has 2 aromatic rings. The predicted octanol–water partition coefficient (Wildman–Crippen LogP) is 3.22. The third kappa shape index (κ3) is 5.92. The number of nitrogens with zero attached hydrogens (tertiary/aromatic N) is 1. The quantitative estimate of drug-likeness (QED) is 0.293. The first-order valence-electron chi connectivity index (χ1n) is 10.6. The Hall–Kier alpha value is -2.74. The molecular weight excluding hydrogens is 496 g/mol. The lowest BCUT2D eigenvalue weighted by molar-refractivity contribution is -0.138. The fourth-order valence-corrected chi connectivity index (χ4v) is 5.57. The molecule has 1 amide bonds. The summed E-state index contributed by atoms with van der Waals surface area (Å²) in [4.78, 5) is 11.8. The molecule has 0 saturated carbocycles. The van der Waals surface area contributed by atoms with Gasteiger partial charge in [0.25, 0.3) is 5.91 Å². The molecular formula is C22H24F4N2O6S. The van der Waals surface area contributed by atoms with E-state index in [-0.39, 0.29) is 36.5 Å². The number of β-amino-alcohol motifs (C(OH)–C–C–N with tert-alkyl or cyclic N) is 1. The number of ether oxygens (including phenoxy) is 1. The molecule has 0 aromatic heterocycles. The van der Waals surface area contributed by atoms with Crippen LogP contribution in [0.25, 0.3) is 0 Å². The minimum atomic E-state index is -4.71. The fraction of sp³-hybridized carbons (Fsp3) is 0.409. The van der Waals surface area contributed by atoms with Crippen molar-refractivity contribution < 1.29 is 45.8 Å². The summed E-state index contributed by atoms with van der Waals surface area (Å²) < 4.78 is 85.5. The number of alkyl halides is 3. The summed E-state index contributed by atoms with van der Waals surface area (Å²) in [5, 5.41) is 19.6. The zero-order valence-corrected chi connectivity index (χ0v) is 19.4. The van der Waals surface area contributed by atoms with Crippen molar-refractivity contribution in [3.63, 3.8) is 0 Å². The van der Waals surface area contributed by atoms with E-state index in [0.29, 0.717) is 18.2 Å². The van der Waals surface area contributed by atoms with Crippen molar-refractivity contribution in [3.05, 3.63) is 59.4 Å². The van der Waals surface area contributed by atoms with Crippen LogP contribution in [0.4, 0.5) is 17.6 Å². The van der Waals surface area contributed by atoms with Crippen molar-refractivity contribution >= 4 is 15.9 Å². The van der Waals surface area contributed by atoms with Gasteiger partial charge in [0.1, 0.15) is 24.2 Å². The number of hydroxylamine groups is 1. The molecule has 192 valence electrons. The molecule has 13 heteroatoms. The number of hydrogen-bond acceptors (Lipinski definition) is 6. The van der Waals surface area contributed by atoms with Crippen LogP contribution in [0.5, 0.6) is 5.75 Å². The highest BCUT2D eigenvalue weighted by atomic mass is 32.2. The van der Waals surface area contributed by atoms with E-state index in [4.69, 9.17) is 9.94 Å². The van der Waals surface area contributed by atoms with Crippen molar-refractivity contribution in [2.45, 2.75) is 55.5 Å². The van der Waals surface area contributed by atoms with Gasteiger partial charge < -0.3 is 9.84 Å². The average molecular weight is 521 g/mol. The summed E-state index contributed by atoms with van der Waals surface area (Å²) >= 11 is 0. The Kier molecular flexibility index (Phi) is 7.74. The first kappa shape index (κ1) is 26.9. The molecule has 8 nitrogen and oxygen atoms in total. The van der Waals surface area contributed by atoms with Gasteiger partial charge in [0.05, 0.1) is 16.1 Å². The Morgan fingerprint density at radius 2 is 1.89 bits per heavy atom. The minimum absolute atomic E-state index is 0.0215. The lowest BCUT2D eigenvalue weighted by Crippen LogP contribution is -2.58. The number of benzene rings is 2. The van der Waals surface area contributed by atoms with E-state index in [1.807, 2.05) is 0 Å². The molecule has 1 saturated heterocycles. The number of piperidine rings is 1. The largest absolute Gasteiger partial charge is 0.489 e. The molecule has 0 aliphatic carbocycles. The highest BCUT2D eigenvalue weighted by Gasteiger charge is 2.45. The van der Waals surface area contributed by atoms with Gasteiger partial charge in [-0.2, -0.15) is 17.5 Å². The Morgan fingerprint density at radius 3 is 2.46 bits per heavy atom. The van der Waals surface area contributed by atoms with E-state index in [9.17, 15) is 35.9 Å². The molecule has 2 atom stereocenters. The Labute approximate surface area is 199 Å². The number of halogens is 4. The highest BCUT2D eigenvalue weighted by molar-refractivity contribution is 7.89. The second kappa shape index (κ2) is 10.1. The maximum Gasteiger partial charge on any atom is 0.416 e. The average Bonchev–Trinajstić information content (AvgIpc) is 2.81. The number of aliphatic hydroxyl groups is 1. The second-order valence-electron chi connectivity index (χ2n) is 8.22. The van der Waals surface area contributed by atoms with Gasteiger partial charge in [-0.1, -0.05) is 6.92 Å². The summed E-state index contributed by atoms with van der Waals surface area (Å²) in [5.41, 5.74) is -1.40. The van der Waals surface area contributed by atoms with Gasteiger partial charge in [0.15, 0.2) is 0 Å². The summed E-state index contributed by atoms with van der Waals surface area (Å²) in [5.74, 6) is -1.79. The molecule has 2 unspecified atom stereocenters. The molecule has 0 radical (unpaired) electrons. The molecule has 1 aliphatic heterocycles. The normalized spacial score (nSPS) is 21.5. The third-order valence-electron chi connectivity index (χ3n) is 5.95. The smallest absolute Gasteiger partial charge is 0.416 e. The lowest BCUT2D eigenvalue weighted by Gasteiger charge is -2.41. The van der Waals surface area contributed by atoms with E-state index in [0.717, 1.165) is 16.4 Å². The van der Waals surface area contributed by atoms with Crippen molar-refractivity contribution in [3.8, 4) is 5.75 Å². The Morgan fingerprint density at radius 1 is 1.23 bits per heavy atom. The molecule has 35 heavy (non-hydrogen) atoms. The van der Waals surface area contributed by atoms with E-state index < -0.39 is 57.3 Å². The Bertz CT molecular complexity index is 1170. The first-order chi connectivity index (χ1) is 16.3. The Balaban J connectivity index is 1.82. The second-order valence-corrected chi connectivity index (χ2v) is 10.1. The number of hydrogen-bond donors (Lipinski definition) is 3. The molecule has 0 bridgehead atoms. The summed E-state index contributed by atoms with van der Waals surface area (Å²) in [6.45, 7) is 0.682. The summed E-state index contributed by atoms with van der Waals surface area (Å²) in [6, 6.07) is 5.44. The number of carbonyl (C=O) groups is 1. The maximum atomic E-state index is 13.5. The van der Waals surface area contributed by atoms with Crippen LogP contribution in [0.3, 0.4) is 0 Å². The number of amides is 1. The van der Waals surface area contributed by atoms with Crippen LogP contribution in [0.2, 0.25) is 0 Å². The van der Waals surface area contributed by atoms with Crippen molar-refractivity contribution in [1.29, 1.82) is 0 Å². The predicted molar refractivity (Wildman–Crippen MR) is 114 cm³/mol. The fourth-order valence-electron chi connectivity index (χ4n) is 3.87. The summed E-state index contributed by atoms with van der Waals surface area (Å²) in [6.07, 6.45) is -4.34. The van der Waals surface area contributed by atoms with Crippen LogP contribution in [0.1, 0.15) is 37.3 Å². The monoisotopic (exact) mass is 520 g/mol. The van der Waals surface area contributed by atoms with Crippen molar-refractivity contribution in [2.75, 3.05) is 6.54 Å². The van der Waals surface area contributed by atoms with Gasteiger partial charge >= 0.3 is 6.18 Å². The molecule has 2 aromatic carbocycles. The topological polar surface area (TPSA) is 116 Å². The van der Waals surface area contributed by atoms with Gasteiger partial charge in [-0.05, 0) is 61.7 Å². The number of carbonyl (C=O) groups excluding carboxylic acids is 1. The van der Waals surface area contributed by atoms with E-state index in [2.05, 4.69) is 0 Å². The highest BCUT2D eigenvalue weighted by Crippen LogP contribution is 2.34. The number of sulfonamides is 1.